The van der Waals surface area contributed by atoms with E-state index < -0.39 is 0 Å². The first kappa shape index (κ1) is 17.1. The standard InChI is InChI=1S/C14H19ClN2O4/c1-20-11-4-3-10(9-12(11)21-2)14(19)17-8-7-16-13(18)5-6-15/h3-4,9H,5-8H2,1-2H3,(H,16,18)(H,17,19). The normalized spacial score (nSPS) is 9.86. The molecule has 2 N–H and O–H groups in total. The van der Waals surface area contributed by atoms with Gasteiger partial charge in [-0.3, -0.25) is 9.59 Å². The van der Waals surface area contributed by atoms with Gasteiger partial charge in [0.1, 0.15) is 0 Å². The fraction of sp³-hybridized carbons (Fsp3) is 0.429. The lowest BCUT2D eigenvalue weighted by Crippen LogP contribution is -2.34. The van der Waals surface area contributed by atoms with Gasteiger partial charge in [0.25, 0.3) is 5.91 Å². The Morgan fingerprint density at radius 2 is 1.76 bits per heavy atom. The van der Waals surface area contributed by atoms with Crippen LogP contribution in [0.5, 0.6) is 11.5 Å². The van der Waals surface area contributed by atoms with Crippen LogP contribution in [-0.2, 0) is 4.79 Å². The van der Waals surface area contributed by atoms with Crippen molar-refractivity contribution in [1.82, 2.24) is 10.6 Å². The molecule has 0 aliphatic rings. The number of nitrogens with one attached hydrogen (secondary N) is 2. The van der Waals surface area contributed by atoms with Gasteiger partial charge in [-0.25, -0.2) is 0 Å². The molecule has 0 aliphatic carbocycles. The Balaban J connectivity index is 2.47. The summed E-state index contributed by atoms with van der Waals surface area (Å²) in [7, 11) is 3.03. The van der Waals surface area contributed by atoms with Crippen molar-refractivity contribution in [3.05, 3.63) is 23.8 Å². The number of hydrogen-bond acceptors (Lipinski definition) is 4. The van der Waals surface area contributed by atoms with Gasteiger partial charge in [0, 0.05) is 31.0 Å². The monoisotopic (exact) mass is 314 g/mol. The second-order valence-electron chi connectivity index (χ2n) is 4.11. The fourth-order valence-corrected chi connectivity index (χ4v) is 1.80. The number of alkyl halides is 1. The molecule has 0 radical (unpaired) electrons. The molecule has 21 heavy (non-hydrogen) atoms. The van der Waals surface area contributed by atoms with Crippen LogP contribution in [0.1, 0.15) is 16.8 Å². The summed E-state index contributed by atoms with van der Waals surface area (Å²) < 4.78 is 10.2. The number of benzene rings is 1. The Kier molecular flexibility index (Phi) is 7.39. The summed E-state index contributed by atoms with van der Waals surface area (Å²) in [6, 6.07) is 4.90. The lowest BCUT2D eigenvalue weighted by Gasteiger charge is -2.10. The molecule has 1 aromatic carbocycles. The van der Waals surface area contributed by atoms with E-state index in [9.17, 15) is 9.59 Å². The van der Waals surface area contributed by atoms with Crippen molar-refractivity contribution >= 4 is 23.4 Å². The molecule has 0 saturated heterocycles. The molecule has 1 aromatic rings. The van der Waals surface area contributed by atoms with Crippen LogP contribution in [-0.4, -0.2) is 45.0 Å². The third kappa shape index (κ3) is 5.51. The summed E-state index contributed by atoms with van der Waals surface area (Å²) in [6.07, 6.45) is 0.269. The molecule has 0 aliphatic heterocycles. The molecule has 6 nitrogen and oxygen atoms in total. The van der Waals surface area contributed by atoms with Gasteiger partial charge >= 0.3 is 0 Å². The number of amides is 2. The third-order valence-electron chi connectivity index (χ3n) is 2.70. The molecular weight excluding hydrogens is 296 g/mol. The Hall–Kier alpha value is -1.95. The third-order valence-corrected chi connectivity index (χ3v) is 2.89. The number of halogens is 1. The average Bonchev–Trinajstić information content (AvgIpc) is 2.50. The van der Waals surface area contributed by atoms with Crippen LogP contribution in [0.25, 0.3) is 0 Å². The quantitative estimate of drug-likeness (QED) is 0.558. The van der Waals surface area contributed by atoms with Crippen molar-refractivity contribution in [1.29, 1.82) is 0 Å². The number of rotatable bonds is 8. The smallest absolute Gasteiger partial charge is 0.251 e. The van der Waals surface area contributed by atoms with Gasteiger partial charge in [0.05, 0.1) is 14.2 Å². The minimum absolute atomic E-state index is 0.134. The maximum absolute atomic E-state index is 11.9. The molecular formula is C14H19ClN2O4. The number of carbonyl (C=O) groups excluding carboxylic acids is 2. The average molecular weight is 315 g/mol. The van der Waals surface area contributed by atoms with E-state index >= 15 is 0 Å². The van der Waals surface area contributed by atoms with Crippen molar-refractivity contribution in [2.75, 3.05) is 33.2 Å². The Morgan fingerprint density at radius 3 is 2.38 bits per heavy atom. The Morgan fingerprint density at radius 1 is 1.10 bits per heavy atom. The molecule has 0 heterocycles. The first-order valence-electron chi connectivity index (χ1n) is 6.45. The molecule has 0 unspecified atom stereocenters. The van der Waals surface area contributed by atoms with E-state index in [1.54, 1.807) is 18.2 Å². The molecule has 2 amide bonds. The van der Waals surface area contributed by atoms with E-state index in [1.165, 1.54) is 14.2 Å². The van der Waals surface area contributed by atoms with Crippen LogP contribution < -0.4 is 20.1 Å². The maximum atomic E-state index is 11.9. The van der Waals surface area contributed by atoms with Gasteiger partial charge in [-0.2, -0.15) is 0 Å². The predicted molar refractivity (Wildman–Crippen MR) is 80.2 cm³/mol. The van der Waals surface area contributed by atoms with E-state index in [1.807, 2.05) is 0 Å². The topological polar surface area (TPSA) is 76.7 Å². The second-order valence-corrected chi connectivity index (χ2v) is 4.49. The summed E-state index contributed by atoms with van der Waals surface area (Å²) in [5, 5.41) is 5.35. The highest BCUT2D eigenvalue weighted by atomic mass is 35.5. The summed E-state index contributed by atoms with van der Waals surface area (Å²) >= 11 is 5.44. The van der Waals surface area contributed by atoms with Crippen LogP contribution in [0.3, 0.4) is 0 Å². The van der Waals surface area contributed by atoms with Gasteiger partial charge in [-0.1, -0.05) is 0 Å². The highest BCUT2D eigenvalue weighted by Gasteiger charge is 2.10. The fourth-order valence-electron chi connectivity index (χ4n) is 1.63. The zero-order valence-corrected chi connectivity index (χ0v) is 12.8. The van der Waals surface area contributed by atoms with Crippen LogP contribution in [0.2, 0.25) is 0 Å². The number of carbonyl (C=O) groups is 2. The summed E-state index contributed by atoms with van der Waals surface area (Å²) in [6.45, 7) is 0.690. The SMILES string of the molecule is COc1ccc(C(=O)NCCNC(=O)CCCl)cc1OC. The minimum atomic E-state index is -0.248. The number of ether oxygens (including phenoxy) is 2. The molecule has 0 saturated carbocycles. The first-order chi connectivity index (χ1) is 10.1. The molecule has 7 heteroatoms. The molecule has 0 fully saturated rings. The zero-order valence-electron chi connectivity index (χ0n) is 12.1. The van der Waals surface area contributed by atoms with Crippen LogP contribution in [0.15, 0.2) is 18.2 Å². The predicted octanol–water partition coefficient (Wildman–Crippen LogP) is 1.18. The molecule has 0 atom stereocenters. The van der Waals surface area contributed by atoms with Crippen LogP contribution in [0, 0.1) is 0 Å². The first-order valence-corrected chi connectivity index (χ1v) is 6.98. The van der Waals surface area contributed by atoms with Gasteiger partial charge in [0.2, 0.25) is 5.91 Å². The summed E-state index contributed by atoms with van der Waals surface area (Å²) in [5.41, 5.74) is 0.458. The zero-order chi connectivity index (χ0) is 15.7. The molecule has 0 aromatic heterocycles. The van der Waals surface area contributed by atoms with Gasteiger partial charge in [-0.15, -0.1) is 11.6 Å². The van der Waals surface area contributed by atoms with Crippen molar-refractivity contribution in [3.63, 3.8) is 0 Å². The lowest BCUT2D eigenvalue weighted by molar-refractivity contribution is -0.120. The van der Waals surface area contributed by atoms with E-state index in [-0.39, 0.29) is 24.1 Å². The van der Waals surface area contributed by atoms with Gasteiger partial charge in [0.15, 0.2) is 11.5 Å². The molecule has 1 rings (SSSR count). The van der Waals surface area contributed by atoms with Crippen molar-refractivity contribution in [2.24, 2.45) is 0 Å². The largest absolute Gasteiger partial charge is 0.493 e. The number of hydrogen-bond donors (Lipinski definition) is 2. The minimum Gasteiger partial charge on any atom is -0.493 e. The molecule has 116 valence electrons. The maximum Gasteiger partial charge on any atom is 0.251 e. The van der Waals surface area contributed by atoms with E-state index in [2.05, 4.69) is 10.6 Å². The van der Waals surface area contributed by atoms with Gasteiger partial charge < -0.3 is 20.1 Å². The van der Waals surface area contributed by atoms with Crippen molar-refractivity contribution < 1.29 is 19.1 Å². The molecule has 0 spiro atoms. The van der Waals surface area contributed by atoms with Crippen LogP contribution in [0.4, 0.5) is 0 Å². The summed E-state index contributed by atoms with van der Waals surface area (Å²) in [5.74, 6) is 0.944. The second kappa shape index (κ2) is 9.07. The molecule has 0 bridgehead atoms. The van der Waals surface area contributed by atoms with E-state index in [0.717, 1.165) is 0 Å². The van der Waals surface area contributed by atoms with Crippen LogP contribution >= 0.6 is 11.6 Å². The lowest BCUT2D eigenvalue weighted by atomic mass is 10.2. The highest BCUT2D eigenvalue weighted by Crippen LogP contribution is 2.27. The summed E-state index contributed by atoms with van der Waals surface area (Å²) in [4.78, 5) is 23.1. The van der Waals surface area contributed by atoms with E-state index in [0.29, 0.717) is 30.2 Å². The van der Waals surface area contributed by atoms with Gasteiger partial charge in [-0.05, 0) is 18.2 Å². The highest BCUT2D eigenvalue weighted by molar-refractivity contribution is 6.18. The van der Waals surface area contributed by atoms with E-state index in [4.69, 9.17) is 21.1 Å². The number of methoxy groups -OCH3 is 2. The van der Waals surface area contributed by atoms with Crippen molar-refractivity contribution in [3.8, 4) is 11.5 Å². The Bertz CT molecular complexity index is 494. The Labute approximate surface area is 128 Å². The van der Waals surface area contributed by atoms with Crippen molar-refractivity contribution in [2.45, 2.75) is 6.42 Å².